The van der Waals surface area contributed by atoms with Crippen molar-refractivity contribution in [2.24, 2.45) is 0 Å². The van der Waals surface area contributed by atoms with Gasteiger partial charge in [-0.3, -0.25) is 4.79 Å². The molecule has 0 bridgehead atoms. The predicted molar refractivity (Wildman–Crippen MR) is 125 cm³/mol. The molecule has 2 aliphatic rings. The van der Waals surface area contributed by atoms with Gasteiger partial charge in [0.1, 0.15) is 0 Å². The van der Waals surface area contributed by atoms with E-state index in [-0.39, 0.29) is 22.8 Å². The first-order valence-corrected chi connectivity index (χ1v) is 12.7. The van der Waals surface area contributed by atoms with Crippen molar-refractivity contribution in [3.63, 3.8) is 0 Å². The summed E-state index contributed by atoms with van der Waals surface area (Å²) in [5, 5.41) is 9.65. The Morgan fingerprint density at radius 2 is 1.81 bits per heavy atom. The van der Waals surface area contributed by atoms with Crippen LogP contribution in [-0.2, 0) is 22.0 Å². The van der Waals surface area contributed by atoms with Crippen molar-refractivity contribution < 1.29 is 18.3 Å². The third-order valence-electron chi connectivity index (χ3n) is 6.45. The van der Waals surface area contributed by atoms with Crippen molar-refractivity contribution in [1.82, 2.24) is 4.72 Å². The van der Waals surface area contributed by atoms with Gasteiger partial charge in [-0.1, -0.05) is 37.5 Å². The Balaban J connectivity index is 1.70. The number of aliphatic hydroxyl groups is 1. The molecule has 1 amide bonds. The van der Waals surface area contributed by atoms with Gasteiger partial charge in [-0.25, -0.2) is 13.1 Å². The number of hydrogen-bond acceptors (Lipinski definition) is 4. The Morgan fingerprint density at radius 3 is 2.47 bits per heavy atom. The van der Waals surface area contributed by atoms with Crippen molar-refractivity contribution in [3.05, 3.63) is 59.2 Å². The minimum atomic E-state index is -3.74. The Hall–Kier alpha value is -2.22. The number of hydrogen-bond donors (Lipinski definition) is 2. The summed E-state index contributed by atoms with van der Waals surface area (Å²) in [4.78, 5) is 15.5. The van der Waals surface area contributed by atoms with Crippen molar-refractivity contribution in [1.29, 1.82) is 0 Å². The number of sulfonamides is 1. The van der Waals surface area contributed by atoms with Crippen molar-refractivity contribution in [3.8, 4) is 0 Å². The summed E-state index contributed by atoms with van der Waals surface area (Å²) in [6.07, 6.45) is 5.48. The van der Waals surface area contributed by atoms with Gasteiger partial charge in [-0.15, -0.1) is 0 Å². The largest absolute Gasteiger partial charge is 0.392 e. The van der Waals surface area contributed by atoms with Gasteiger partial charge in [0.15, 0.2) is 0 Å². The number of anilines is 1. The van der Waals surface area contributed by atoms with Gasteiger partial charge in [-0.05, 0) is 69.0 Å². The van der Waals surface area contributed by atoms with E-state index in [1.165, 1.54) is 18.6 Å². The van der Waals surface area contributed by atoms with E-state index in [2.05, 4.69) is 4.72 Å². The number of nitrogens with one attached hydrogen (secondary N) is 1. The second-order valence-electron chi connectivity index (χ2n) is 10.1. The van der Waals surface area contributed by atoms with E-state index in [0.717, 1.165) is 42.5 Å². The maximum atomic E-state index is 13.6. The van der Waals surface area contributed by atoms with Gasteiger partial charge in [0.25, 0.3) is 5.91 Å². The Bertz CT molecular complexity index is 1130. The molecule has 1 aliphatic carbocycles. The summed E-state index contributed by atoms with van der Waals surface area (Å²) >= 11 is 0. The predicted octanol–water partition coefficient (Wildman–Crippen LogP) is 4.12. The Labute approximate surface area is 190 Å². The third-order valence-corrected chi connectivity index (χ3v) is 8.21. The van der Waals surface area contributed by atoms with Crippen LogP contribution in [0, 0.1) is 0 Å². The van der Waals surface area contributed by atoms with Gasteiger partial charge < -0.3 is 10.0 Å². The molecule has 1 heterocycles. The van der Waals surface area contributed by atoms with E-state index in [1.807, 2.05) is 18.2 Å². The number of aliphatic hydroxyl groups excluding tert-OH is 1. The topological polar surface area (TPSA) is 86.7 Å². The molecule has 0 saturated heterocycles. The van der Waals surface area contributed by atoms with Crippen molar-refractivity contribution in [2.45, 2.75) is 75.3 Å². The van der Waals surface area contributed by atoms with Gasteiger partial charge >= 0.3 is 0 Å². The molecule has 1 saturated carbocycles. The van der Waals surface area contributed by atoms with E-state index >= 15 is 0 Å². The quantitative estimate of drug-likeness (QED) is 0.725. The van der Waals surface area contributed by atoms with Crippen LogP contribution in [0.15, 0.2) is 47.4 Å². The SMILES string of the molecule is CC(C)(C)NS(=O)(=O)c1cccc(C(=O)N2CC3(CCCCC3)c3cc(CO)ccc32)c1. The van der Waals surface area contributed by atoms with Crippen LogP contribution in [0.2, 0.25) is 0 Å². The maximum absolute atomic E-state index is 13.6. The number of benzene rings is 2. The summed E-state index contributed by atoms with van der Waals surface area (Å²) in [5.41, 5.74) is 2.50. The highest BCUT2D eigenvalue weighted by Crippen LogP contribution is 2.49. The summed E-state index contributed by atoms with van der Waals surface area (Å²) in [7, 11) is -3.74. The lowest BCUT2D eigenvalue weighted by molar-refractivity contribution is 0.0982. The van der Waals surface area contributed by atoms with E-state index in [1.54, 1.807) is 37.8 Å². The van der Waals surface area contributed by atoms with E-state index < -0.39 is 15.6 Å². The van der Waals surface area contributed by atoms with Gasteiger partial charge in [0.2, 0.25) is 10.0 Å². The second-order valence-corrected chi connectivity index (χ2v) is 11.8. The lowest BCUT2D eigenvalue weighted by Gasteiger charge is -2.34. The average molecular weight is 457 g/mol. The van der Waals surface area contributed by atoms with E-state index in [4.69, 9.17) is 0 Å². The standard InChI is InChI=1S/C25H32N2O4S/c1-24(2,3)26-32(30,31)20-9-7-8-19(15-20)23(29)27-17-25(12-5-4-6-13-25)21-14-18(16-28)10-11-22(21)27/h7-11,14-15,26,28H,4-6,12-13,16-17H2,1-3H3. The lowest BCUT2D eigenvalue weighted by Crippen LogP contribution is -2.40. The zero-order valence-corrected chi connectivity index (χ0v) is 19.8. The Morgan fingerprint density at radius 1 is 1.09 bits per heavy atom. The molecule has 0 atom stereocenters. The smallest absolute Gasteiger partial charge is 0.258 e. The third kappa shape index (κ3) is 4.34. The molecule has 1 fully saturated rings. The van der Waals surface area contributed by atoms with Crippen LogP contribution in [0.3, 0.4) is 0 Å². The monoisotopic (exact) mass is 456 g/mol. The summed E-state index contributed by atoms with van der Waals surface area (Å²) in [6.45, 7) is 5.91. The molecule has 0 aromatic heterocycles. The number of carbonyl (C=O) groups excluding carboxylic acids is 1. The lowest BCUT2D eigenvalue weighted by atomic mass is 9.70. The number of carbonyl (C=O) groups is 1. The van der Waals surface area contributed by atoms with Crippen LogP contribution in [0.25, 0.3) is 0 Å². The highest BCUT2D eigenvalue weighted by atomic mass is 32.2. The van der Waals surface area contributed by atoms with Gasteiger partial charge in [-0.2, -0.15) is 0 Å². The molecule has 7 heteroatoms. The minimum absolute atomic E-state index is 0.0298. The fourth-order valence-corrected chi connectivity index (χ4v) is 6.53. The molecule has 1 aliphatic heterocycles. The number of rotatable bonds is 4. The van der Waals surface area contributed by atoms with Crippen LogP contribution in [-0.4, -0.2) is 31.5 Å². The molecule has 2 aromatic carbocycles. The fraction of sp³-hybridized carbons (Fsp3) is 0.480. The van der Waals surface area contributed by atoms with Crippen LogP contribution in [0.5, 0.6) is 0 Å². The number of amides is 1. The highest BCUT2D eigenvalue weighted by Gasteiger charge is 2.45. The number of fused-ring (bicyclic) bond motifs is 2. The van der Waals surface area contributed by atoms with Crippen LogP contribution in [0.4, 0.5) is 5.69 Å². The van der Waals surface area contributed by atoms with Crippen LogP contribution >= 0.6 is 0 Å². The summed E-state index contributed by atoms with van der Waals surface area (Å²) in [5.74, 6) is -0.196. The molecular formula is C25H32N2O4S. The van der Waals surface area contributed by atoms with Crippen molar-refractivity contribution in [2.75, 3.05) is 11.4 Å². The molecule has 0 radical (unpaired) electrons. The first-order valence-electron chi connectivity index (χ1n) is 11.2. The highest BCUT2D eigenvalue weighted by molar-refractivity contribution is 7.89. The molecule has 4 rings (SSSR count). The summed E-state index contributed by atoms with van der Waals surface area (Å²) in [6, 6.07) is 12.1. The second kappa shape index (κ2) is 8.28. The van der Waals surface area contributed by atoms with E-state index in [9.17, 15) is 18.3 Å². The molecular weight excluding hydrogens is 424 g/mol. The van der Waals surface area contributed by atoms with Crippen LogP contribution in [0.1, 0.15) is 74.4 Å². The zero-order valence-electron chi connectivity index (χ0n) is 19.0. The minimum Gasteiger partial charge on any atom is -0.392 e. The van der Waals surface area contributed by atoms with Crippen LogP contribution < -0.4 is 9.62 Å². The molecule has 2 aromatic rings. The summed E-state index contributed by atoms with van der Waals surface area (Å²) < 4.78 is 28.2. The van der Waals surface area contributed by atoms with Gasteiger partial charge in [0, 0.05) is 28.7 Å². The fourth-order valence-electron chi connectivity index (χ4n) is 5.07. The maximum Gasteiger partial charge on any atom is 0.258 e. The number of nitrogens with zero attached hydrogens (tertiary/aromatic N) is 1. The zero-order chi connectivity index (χ0) is 23.1. The van der Waals surface area contributed by atoms with E-state index in [0.29, 0.717) is 12.1 Å². The molecule has 2 N–H and O–H groups in total. The average Bonchev–Trinajstić information content (AvgIpc) is 3.05. The molecule has 6 nitrogen and oxygen atoms in total. The van der Waals surface area contributed by atoms with Crippen molar-refractivity contribution >= 4 is 21.6 Å². The molecule has 172 valence electrons. The van der Waals surface area contributed by atoms with Gasteiger partial charge in [0.05, 0.1) is 11.5 Å². The first kappa shape index (κ1) is 23.0. The Kier molecular flexibility index (Phi) is 5.94. The molecule has 1 spiro atoms. The molecule has 32 heavy (non-hydrogen) atoms. The normalized spacial score (nSPS) is 18.1. The molecule has 0 unspecified atom stereocenters. The first-order chi connectivity index (χ1) is 15.0.